The summed E-state index contributed by atoms with van der Waals surface area (Å²) in [6.07, 6.45) is 0. The molecule has 1 heterocycles. The summed E-state index contributed by atoms with van der Waals surface area (Å²) in [7, 11) is -3.99. The highest BCUT2D eigenvalue weighted by Gasteiger charge is 2.22. The van der Waals surface area contributed by atoms with Crippen LogP contribution >= 0.6 is 11.3 Å². The second kappa shape index (κ2) is 8.44. The molecule has 0 saturated heterocycles. The van der Waals surface area contributed by atoms with E-state index in [0.717, 1.165) is 11.3 Å². The molecular weight excluding hydrogens is 392 g/mol. The number of benzene rings is 1. The van der Waals surface area contributed by atoms with Gasteiger partial charge in [-0.1, -0.05) is 25.2 Å². The lowest BCUT2D eigenvalue weighted by Gasteiger charge is -2.10. The van der Waals surface area contributed by atoms with E-state index in [4.69, 9.17) is 4.74 Å². The van der Waals surface area contributed by atoms with Crippen LogP contribution in [0.15, 0.2) is 22.5 Å². The van der Waals surface area contributed by atoms with Gasteiger partial charge in [0.05, 0.1) is 17.9 Å². The SMILES string of the molecule is CCOC(=O)c1ccc(NS(=O)(=O)c2nnc(NC(=O)C(C)C)s2)c(C)c1. The Balaban J connectivity index is 2.18. The maximum absolute atomic E-state index is 12.5. The fourth-order valence-electron chi connectivity index (χ4n) is 1.93. The van der Waals surface area contributed by atoms with Crippen molar-refractivity contribution in [2.75, 3.05) is 16.6 Å². The molecule has 0 atom stereocenters. The van der Waals surface area contributed by atoms with Crippen LogP contribution in [0.1, 0.15) is 36.7 Å². The molecule has 0 spiro atoms. The van der Waals surface area contributed by atoms with Gasteiger partial charge in [-0.3, -0.25) is 9.52 Å². The number of ether oxygens (including phenoxy) is 1. The van der Waals surface area contributed by atoms with Crippen molar-refractivity contribution < 1.29 is 22.7 Å². The van der Waals surface area contributed by atoms with Crippen LogP contribution in [-0.2, 0) is 19.6 Å². The molecule has 1 aromatic carbocycles. The van der Waals surface area contributed by atoms with Gasteiger partial charge in [0.25, 0.3) is 14.4 Å². The van der Waals surface area contributed by atoms with Crippen molar-refractivity contribution >= 4 is 44.1 Å². The molecule has 11 heteroatoms. The van der Waals surface area contributed by atoms with Crippen LogP contribution in [-0.4, -0.2) is 37.1 Å². The summed E-state index contributed by atoms with van der Waals surface area (Å²) in [6, 6.07) is 4.48. The first kappa shape index (κ1) is 20.8. The summed E-state index contributed by atoms with van der Waals surface area (Å²) in [5.74, 6) is -1.04. The molecule has 0 unspecified atom stereocenters. The number of carbonyl (C=O) groups excluding carboxylic acids is 2. The standard InChI is InChI=1S/C16H20N4O5S2/c1-5-25-14(22)11-6-7-12(10(4)8-11)20-27(23,24)16-19-18-15(26-16)17-13(21)9(2)3/h6-9,20H,5H2,1-4H3,(H,17,18,21). The number of aromatic nitrogens is 2. The van der Waals surface area contributed by atoms with E-state index in [1.165, 1.54) is 18.2 Å². The number of esters is 1. The monoisotopic (exact) mass is 412 g/mol. The van der Waals surface area contributed by atoms with Gasteiger partial charge in [-0.25, -0.2) is 4.79 Å². The molecule has 1 aromatic heterocycles. The fraction of sp³-hybridized carbons (Fsp3) is 0.375. The molecule has 2 rings (SSSR count). The van der Waals surface area contributed by atoms with E-state index in [1.54, 1.807) is 27.7 Å². The average Bonchev–Trinajstić information content (AvgIpc) is 3.06. The third-order valence-electron chi connectivity index (χ3n) is 3.37. The van der Waals surface area contributed by atoms with Gasteiger partial charge in [0, 0.05) is 5.92 Å². The Hall–Kier alpha value is -2.53. The van der Waals surface area contributed by atoms with Crippen molar-refractivity contribution in [3.8, 4) is 0 Å². The number of amides is 1. The zero-order valence-corrected chi connectivity index (χ0v) is 16.9. The molecular formula is C16H20N4O5S2. The van der Waals surface area contributed by atoms with E-state index in [-0.39, 0.29) is 27.9 Å². The molecule has 9 nitrogen and oxygen atoms in total. The van der Waals surface area contributed by atoms with Crippen molar-refractivity contribution in [2.45, 2.75) is 32.0 Å². The molecule has 0 aliphatic carbocycles. The van der Waals surface area contributed by atoms with Crippen molar-refractivity contribution in [1.82, 2.24) is 10.2 Å². The van der Waals surface area contributed by atoms with Gasteiger partial charge in [-0.05, 0) is 37.6 Å². The quantitative estimate of drug-likeness (QED) is 0.528. The number of hydrogen-bond donors (Lipinski definition) is 2. The molecule has 0 fully saturated rings. The topological polar surface area (TPSA) is 127 Å². The number of anilines is 2. The smallest absolute Gasteiger partial charge is 0.338 e. The summed E-state index contributed by atoms with van der Waals surface area (Å²) in [5, 5.41) is 9.91. The minimum Gasteiger partial charge on any atom is -0.462 e. The Bertz CT molecular complexity index is 953. The summed E-state index contributed by atoms with van der Waals surface area (Å²) in [4.78, 5) is 23.4. The Morgan fingerprint density at radius 2 is 1.96 bits per heavy atom. The maximum Gasteiger partial charge on any atom is 0.338 e. The highest BCUT2D eigenvalue weighted by atomic mass is 32.2. The van der Waals surface area contributed by atoms with Crippen LogP contribution in [0.4, 0.5) is 10.8 Å². The third kappa shape index (κ3) is 5.23. The number of nitrogens with one attached hydrogen (secondary N) is 2. The summed E-state index contributed by atoms with van der Waals surface area (Å²) >= 11 is 0.747. The van der Waals surface area contributed by atoms with Gasteiger partial charge in [0.2, 0.25) is 11.0 Å². The zero-order valence-electron chi connectivity index (χ0n) is 15.3. The lowest BCUT2D eigenvalue weighted by molar-refractivity contribution is -0.118. The van der Waals surface area contributed by atoms with Crippen molar-refractivity contribution in [3.63, 3.8) is 0 Å². The molecule has 0 aliphatic heterocycles. The van der Waals surface area contributed by atoms with E-state index in [2.05, 4.69) is 20.2 Å². The number of carbonyl (C=O) groups is 2. The normalized spacial score (nSPS) is 11.3. The van der Waals surface area contributed by atoms with E-state index in [9.17, 15) is 18.0 Å². The van der Waals surface area contributed by atoms with E-state index < -0.39 is 16.0 Å². The molecule has 0 aliphatic rings. The number of rotatable bonds is 7. The number of aryl methyl sites for hydroxylation is 1. The predicted molar refractivity (Wildman–Crippen MR) is 101 cm³/mol. The molecule has 0 bridgehead atoms. The van der Waals surface area contributed by atoms with Crippen LogP contribution < -0.4 is 10.0 Å². The van der Waals surface area contributed by atoms with Gasteiger partial charge in [-0.15, -0.1) is 10.2 Å². The summed E-state index contributed by atoms with van der Waals surface area (Å²) < 4.78 is 32.0. The molecule has 146 valence electrons. The lowest BCUT2D eigenvalue weighted by Crippen LogP contribution is -2.17. The highest BCUT2D eigenvalue weighted by Crippen LogP contribution is 2.25. The molecule has 2 N–H and O–H groups in total. The van der Waals surface area contributed by atoms with Crippen LogP contribution in [0.3, 0.4) is 0 Å². The van der Waals surface area contributed by atoms with Crippen molar-refractivity contribution in [1.29, 1.82) is 0 Å². The van der Waals surface area contributed by atoms with Gasteiger partial charge < -0.3 is 10.1 Å². The highest BCUT2D eigenvalue weighted by molar-refractivity contribution is 7.94. The van der Waals surface area contributed by atoms with Crippen LogP contribution in [0, 0.1) is 12.8 Å². The van der Waals surface area contributed by atoms with Crippen LogP contribution in [0.2, 0.25) is 0 Å². The minimum atomic E-state index is -3.99. The van der Waals surface area contributed by atoms with Crippen molar-refractivity contribution in [2.24, 2.45) is 5.92 Å². The minimum absolute atomic E-state index is 0.100. The Morgan fingerprint density at radius 3 is 2.56 bits per heavy atom. The lowest BCUT2D eigenvalue weighted by atomic mass is 10.1. The number of hydrogen-bond acceptors (Lipinski definition) is 8. The molecule has 27 heavy (non-hydrogen) atoms. The van der Waals surface area contributed by atoms with E-state index >= 15 is 0 Å². The number of nitrogens with zero attached hydrogens (tertiary/aromatic N) is 2. The van der Waals surface area contributed by atoms with E-state index in [1.807, 2.05) is 0 Å². The Morgan fingerprint density at radius 1 is 1.26 bits per heavy atom. The third-order valence-corrected chi connectivity index (χ3v) is 5.94. The second-order valence-corrected chi connectivity index (χ2v) is 8.71. The zero-order chi connectivity index (χ0) is 20.2. The fourth-order valence-corrected chi connectivity index (χ4v) is 3.96. The van der Waals surface area contributed by atoms with Crippen LogP contribution in [0.25, 0.3) is 0 Å². The Kier molecular flexibility index (Phi) is 6.50. The first-order chi connectivity index (χ1) is 12.6. The van der Waals surface area contributed by atoms with Gasteiger partial charge >= 0.3 is 5.97 Å². The summed E-state index contributed by atoms with van der Waals surface area (Å²) in [6.45, 7) is 7.03. The van der Waals surface area contributed by atoms with Crippen LogP contribution in [0.5, 0.6) is 0 Å². The molecule has 0 radical (unpaired) electrons. The van der Waals surface area contributed by atoms with Crippen molar-refractivity contribution in [3.05, 3.63) is 29.3 Å². The first-order valence-electron chi connectivity index (χ1n) is 8.09. The second-order valence-electron chi connectivity index (χ2n) is 5.87. The van der Waals surface area contributed by atoms with Gasteiger partial charge in [-0.2, -0.15) is 8.42 Å². The molecule has 1 amide bonds. The van der Waals surface area contributed by atoms with Gasteiger partial charge in [0.15, 0.2) is 0 Å². The van der Waals surface area contributed by atoms with E-state index in [0.29, 0.717) is 16.8 Å². The molecule has 2 aromatic rings. The predicted octanol–water partition coefficient (Wildman–Crippen LogP) is 2.42. The summed E-state index contributed by atoms with van der Waals surface area (Å²) in [5.41, 5.74) is 1.17. The largest absolute Gasteiger partial charge is 0.462 e. The first-order valence-corrected chi connectivity index (χ1v) is 10.4. The molecule has 0 saturated carbocycles. The maximum atomic E-state index is 12.5. The number of sulfonamides is 1. The average molecular weight is 412 g/mol. The Labute approximate surface area is 161 Å². The van der Waals surface area contributed by atoms with Gasteiger partial charge in [0.1, 0.15) is 0 Å².